The van der Waals surface area contributed by atoms with Crippen LogP contribution in [0.25, 0.3) is 0 Å². The van der Waals surface area contributed by atoms with Gasteiger partial charge in [-0.25, -0.2) is 0 Å². The van der Waals surface area contributed by atoms with Crippen molar-refractivity contribution in [1.82, 2.24) is 0 Å². The largest absolute Gasteiger partial charge is 0.468 e. The van der Waals surface area contributed by atoms with Gasteiger partial charge in [0.25, 0.3) is 5.91 Å². The molecule has 1 aliphatic rings. The average molecular weight is 268 g/mol. The molecule has 0 radical (unpaired) electrons. The minimum absolute atomic E-state index is 0.181. The molecular weight excluding hydrogens is 258 g/mol. The molecule has 0 bridgehead atoms. The predicted molar refractivity (Wildman–Crippen MR) is 70.6 cm³/mol. The van der Waals surface area contributed by atoms with Gasteiger partial charge in [0.15, 0.2) is 0 Å². The Morgan fingerprint density at radius 2 is 2.06 bits per heavy atom. The molecule has 0 fully saturated rings. The SMILES string of the molecule is CC1=C(C(=O)Nc2ccc(Cl)cc2)SC=CO1. The number of allylic oxidation sites excluding steroid dienone is 1. The van der Waals surface area contributed by atoms with E-state index in [0.717, 1.165) is 0 Å². The van der Waals surface area contributed by atoms with E-state index in [9.17, 15) is 4.79 Å². The minimum atomic E-state index is -0.181. The number of hydrogen-bond donors (Lipinski definition) is 1. The summed E-state index contributed by atoms with van der Waals surface area (Å²) in [6.07, 6.45) is 1.55. The van der Waals surface area contributed by atoms with E-state index in [1.54, 1.807) is 42.9 Å². The molecule has 0 aliphatic carbocycles. The van der Waals surface area contributed by atoms with Crippen LogP contribution in [0.4, 0.5) is 5.69 Å². The highest BCUT2D eigenvalue weighted by atomic mass is 35.5. The van der Waals surface area contributed by atoms with Crippen molar-refractivity contribution in [1.29, 1.82) is 0 Å². The van der Waals surface area contributed by atoms with E-state index in [0.29, 0.717) is 21.4 Å². The van der Waals surface area contributed by atoms with Gasteiger partial charge in [0.05, 0.1) is 6.26 Å². The standard InChI is InChI=1S/C12H10ClNO2S/c1-8-11(17-7-6-16-8)12(15)14-10-4-2-9(13)3-5-10/h2-7H,1H3,(H,14,15). The molecule has 1 aliphatic heterocycles. The van der Waals surface area contributed by atoms with Crippen molar-refractivity contribution in [2.45, 2.75) is 6.92 Å². The number of nitrogens with one attached hydrogen (secondary N) is 1. The maximum Gasteiger partial charge on any atom is 0.265 e. The Morgan fingerprint density at radius 3 is 2.71 bits per heavy atom. The Balaban J connectivity index is 2.09. The van der Waals surface area contributed by atoms with Crippen molar-refractivity contribution in [3.05, 3.63) is 51.6 Å². The van der Waals surface area contributed by atoms with Crippen molar-refractivity contribution >= 4 is 35.0 Å². The summed E-state index contributed by atoms with van der Waals surface area (Å²) in [5.74, 6) is 0.420. The lowest BCUT2D eigenvalue weighted by Gasteiger charge is -2.13. The summed E-state index contributed by atoms with van der Waals surface area (Å²) in [5.41, 5.74) is 0.704. The Hall–Kier alpha value is -1.39. The number of rotatable bonds is 2. The smallest absolute Gasteiger partial charge is 0.265 e. The first-order chi connectivity index (χ1) is 8.16. The molecule has 0 spiro atoms. The zero-order valence-corrected chi connectivity index (χ0v) is 10.6. The van der Waals surface area contributed by atoms with Gasteiger partial charge in [0, 0.05) is 16.1 Å². The summed E-state index contributed by atoms with van der Waals surface area (Å²) >= 11 is 7.10. The van der Waals surface area contributed by atoms with Crippen molar-refractivity contribution in [3.63, 3.8) is 0 Å². The fraction of sp³-hybridized carbons (Fsp3) is 0.0833. The molecule has 0 atom stereocenters. The number of carbonyl (C=O) groups is 1. The van der Waals surface area contributed by atoms with Crippen molar-refractivity contribution in [2.75, 3.05) is 5.32 Å². The van der Waals surface area contributed by atoms with Crippen LogP contribution in [0.15, 0.2) is 46.6 Å². The summed E-state index contributed by atoms with van der Waals surface area (Å²) in [5, 5.41) is 5.14. The van der Waals surface area contributed by atoms with Crippen LogP contribution in [0.5, 0.6) is 0 Å². The molecule has 0 saturated carbocycles. The van der Waals surface area contributed by atoms with E-state index in [2.05, 4.69) is 5.32 Å². The Labute approximate surface area is 108 Å². The number of anilines is 1. The van der Waals surface area contributed by atoms with Crippen molar-refractivity contribution in [2.24, 2.45) is 0 Å². The first kappa shape index (κ1) is 12.1. The summed E-state index contributed by atoms with van der Waals surface area (Å²) in [6.45, 7) is 1.76. The van der Waals surface area contributed by atoms with Gasteiger partial charge >= 0.3 is 0 Å². The summed E-state index contributed by atoms with van der Waals surface area (Å²) < 4.78 is 5.16. The van der Waals surface area contributed by atoms with E-state index < -0.39 is 0 Å². The Bertz CT molecular complexity index is 494. The molecule has 5 heteroatoms. The molecule has 1 aromatic rings. The van der Waals surface area contributed by atoms with E-state index in [4.69, 9.17) is 16.3 Å². The van der Waals surface area contributed by atoms with Crippen molar-refractivity contribution in [3.8, 4) is 0 Å². The van der Waals surface area contributed by atoms with Crippen LogP contribution >= 0.6 is 23.4 Å². The topological polar surface area (TPSA) is 38.3 Å². The second kappa shape index (κ2) is 5.29. The molecule has 2 rings (SSSR count). The zero-order valence-electron chi connectivity index (χ0n) is 9.07. The summed E-state index contributed by atoms with van der Waals surface area (Å²) in [7, 11) is 0. The molecule has 1 amide bonds. The predicted octanol–water partition coefficient (Wildman–Crippen LogP) is 3.74. The lowest BCUT2D eigenvalue weighted by molar-refractivity contribution is -0.112. The molecule has 17 heavy (non-hydrogen) atoms. The summed E-state index contributed by atoms with van der Waals surface area (Å²) in [6, 6.07) is 6.95. The highest BCUT2D eigenvalue weighted by molar-refractivity contribution is 8.06. The number of hydrogen-bond acceptors (Lipinski definition) is 3. The lowest BCUT2D eigenvalue weighted by atomic mass is 10.3. The maximum absolute atomic E-state index is 11.9. The third-order valence-corrected chi connectivity index (χ3v) is 3.32. The van der Waals surface area contributed by atoms with Gasteiger partial charge in [-0.15, -0.1) is 0 Å². The molecule has 1 N–H and O–H groups in total. The normalized spacial score (nSPS) is 14.5. The van der Waals surface area contributed by atoms with Gasteiger partial charge in [-0.1, -0.05) is 23.4 Å². The van der Waals surface area contributed by atoms with Gasteiger partial charge in [-0.05, 0) is 31.2 Å². The fourth-order valence-corrected chi connectivity index (χ4v) is 2.04. The third kappa shape index (κ3) is 3.05. The van der Waals surface area contributed by atoms with Gasteiger partial charge in [0.1, 0.15) is 10.7 Å². The van der Waals surface area contributed by atoms with Crippen LogP contribution in [-0.4, -0.2) is 5.91 Å². The highest BCUT2D eigenvalue weighted by Crippen LogP contribution is 2.27. The van der Waals surface area contributed by atoms with Crippen LogP contribution in [0, 0.1) is 0 Å². The number of carbonyl (C=O) groups excluding carboxylic acids is 1. The number of benzene rings is 1. The molecule has 1 aromatic carbocycles. The minimum Gasteiger partial charge on any atom is -0.468 e. The van der Waals surface area contributed by atoms with E-state index in [1.807, 2.05) is 0 Å². The van der Waals surface area contributed by atoms with Crippen molar-refractivity contribution < 1.29 is 9.53 Å². The van der Waals surface area contributed by atoms with E-state index in [1.165, 1.54) is 11.8 Å². The number of amides is 1. The van der Waals surface area contributed by atoms with Gasteiger partial charge < -0.3 is 10.1 Å². The second-order valence-corrected chi connectivity index (χ2v) is 4.71. The van der Waals surface area contributed by atoms with Crippen LogP contribution in [0.2, 0.25) is 5.02 Å². The Kier molecular flexibility index (Phi) is 3.76. The molecule has 3 nitrogen and oxygen atoms in total. The molecule has 0 unspecified atom stereocenters. The van der Waals surface area contributed by atoms with Crippen LogP contribution < -0.4 is 5.32 Å². The number of thioether (sulfide) groups is 1. The molecular formula is C12H10ClNO2S. The van der Waals surface area contributed by atoms with E-state index in [-0.39, 0.29) is 5.91 Å². The molecule has 1 heterocycles. The van der Waals surface area contributed by atoms with Gasteiger partial charge in [-0.2, -0.15) is 0 Å². The fourth-order valence-electron chi connectivity index (χ4n) is 1.30. The van der Waals surface area contributed by atoms with Crippen LogP contribution in [0.1, 0.15) is 6.92 Å². The number of ether oxygens (including phenoxy) is 1. The monoisotopic (exact) mass is 267 g/mol. The first-order valence-electron chi connectivity index (χ1n) is 4.93. The first-order valence-corrected chi connectivity index (χ1v) is 6.19. The quantitative estimate of drug-likeness (QED) is 0.887. The van der Waals surface area contributed by atoms with Crippen LogP contribution in [0.3, 0.4) is 0 Å². The van der Waals surface area contributed by atoms with Gasteiger partial charge in [0.2, 0.25) is 0 Å². The number of halogens is 1. The summed E-state index contributed by atoms with van der Waals surface area (Å²) in [4.78, 5) is 12.5. The molecule has 88 valence electrons. The second-order valence-electron chi connectivity index (χ2n) is 3.35. The molecule has 0 saturated heterocycles. The lowest BCUT2D eigenvalue weighted by Crippen LogP contribution is -2.14. The Morgan fingerprint density at radius 1 is 1.35 bits per heavy atom. The van der Waals surface area contributed by atoms with Gasteiger partial charge in [-0.3, -0.25) is 4.79 Å². The highest BCUT2D eigenvalue weighted by Gasteiger charge is 2.16. The van der Waals surface area contributed by atoms with E-state index >= 15 is 0 Å². The van der Waals surface area contributed by atoms with Crippen LogP contribution in [-0.2, 0) is 9.53 Å². The average Bonchev–Trinajstić information content (AvgIpc) is 2.32. The maximum atomic E-state index is 11.9. The third-order valence-electron chi connectivity index (χ3n) is 2.11. The molecule has 0 aromatic heterocycles. The zero-order chi connectivity index (χ0) is 12.3.